The predicted molar refractivity (Wildman–Crippen MR) is 109 cm³/mol. The number of rotatable bonds is 5. The van der Waals surface area contributed by atoms with Gasteiger partial charge in [-0.3, -0.25) is 10.3 Å². The molecule has 3 heterocycles. The number of nitrogens with zero attached hydrogens (tertiary/aromatic N) is 3. The maximum atomic E-state index is 12.4. The largest absolute Gasteiger partial charge is 0.337 e. The number of para-hydroxylation sites is 2. The van der Waals surface area contributed by atoms with E-state index in [1.54, 1.807) is 12.4 Å². The van der Waals surface area contributed by atoms with Gasteiger partial charge in [-0.25, -0.2) is 13.4 Å². The molecule has 1 aromatic heterocycles. The number of nitrogens with two attached hydrogens (primary N) is 2. The van der Waals surface area contributed by atoms with E-state index >= 15 is 0 Å². The van der Waals surface area contributed by atoms with E-state index in [4.69, 9.17) is 11.5 Å². The Morgan fingerprint density at radius 3 is 2.89 bits per heavy atom. The number of imidazole rings is 1. The zero-order chi connectivity index (χ0) is 19.7. The van der Waals surface area contributed by atoms with Crippen LogP contribution >= 0.6 is 0 Å². The normalized spacial score (nSPS) is 23.0. The van der Waals surface area contributed by atoms with E-state index in [2.05, 4.69) is 20.3 Å². The highest BCUT2D eigenvalue weighted by Crippen LogP contribution is 2.24. The van der Waals surface area contributed by atoms with Crippen LogP contribution in [-0.2, 0) is 9.84 Å². The lowest BCUT2D eigenvalue weighted by molar-refractivity contribution is 0.379. The molecule has 0 bridgehead atoms. The highest BCUT2D eigenvalue weighted by Gasteiger charge is 2.32. The standard InChI is InChI=1S/C18H23N7O2S/c19-6-10-28(26,27)15-11-12(5-7-21-15)25-9-8-22-16(17(25)20)18-23-13-3-1-2-4-14(13)24-18/h1-5,8-9,15,17,21H,6-7,10-11,19-20H2,(H,23,24). The minimum atomic E-state index is -3.32. The molecule has 1 aromatic carbocycles. The number of hydrogen-bond donors (Lipinski definition) is 4. The van der Waals surface area contributed by atoms with Crippen LogP contribution in [0.1, 0.15) is 12.2 Å². The van der Waals surface area contributed by atoms with Crippen LogP contribution in [0, 0.1) is 0 Å². The second-order valence-corrected chi connectivity index (χ2v) is 9.02. The lowest BCUT2D eigenvalue weighted by Gasteiger charge is -2.35. The van der Waals surface area contributed by atoms with Crippen LogP contribution in [0.15, 0.2) is 53.4 Å². The van der Waals surface area contributed by atoms with Crippen molar-refractivity contribution >= 4 is 26.6 Å². The van der Waals surface area contributed by atoms with Crippen LogP contribution in [0.5, 0.6) is 0 Å². The Bertz CT molecular complexity index is 1040. The third-order valence-electron chi connectivity index (χ3n) is 4.90. The lowest BCUT2D eigenvalue weighted by Crippen LogP contribution is -2.50. The maximum Gasteiger partial charge on any atom is 0.167 e. The summed E-state index contributed by atoms with van der Waals surface area (Å²) < 4.78 is 24.8. The lowest BCUT2D eigenvalue weighted by atomic mass is 10.1. The van der Waals surface area contributed by atoms with Gasteiger partial charge in [0.05, 0.1) is 16.8 Å². The van der Waals surface area contributed by atoms with Crippen LogP contribution in [0.2, 0.25) is 0 Å². The maximum absolute atomic E-state index is 12.4. The Morgan fingerprint density at radius 2 is 2.11 bits per heavy atom. The van der Waals surface area contributed by atoms with Gasteiger partial charge in [0.15, 0.2) is 15.7 Å². The monoisotopic (exact) mass is 401 g/mol. The molecule has 0 saturated carbocycles. The first-order valence-corrected chi connectivity index (χ1v) is 10.8. The fourth-order valence-corrected chi connectivity index (χ4v) is 4.85. The van der Waals surface area contributed by atoms with E-state index in [9.17, 15) is 8.42 Å². The second-order valence-electron chi connectivity index (χ2n) is 6.72. The Kier molecular flexibility index (Phi) is 5.02. The van der Waals surface area contributed by atoms with Crippen LogP contribution in [0.3, 0.4) is 0 Å². The summed E-state index contributed by atoms with van der Waals surface area (Å²) in [6.07, 6.45) is 5.10. The van der Waals surface area contributed by atoms with Crippen LogP contribution < -0.4 is 16.8 Å². The topological polar surface area (TPSA) is 142 Å². The molecule has 4 rings (SSSR count). The molecule has 2 atom stereocenters. The highest BCUT2D eigenvalue weighted by atomic mass is 32.2. The highest BCUT2D eigenvalue weighted by molar-refractivity contribution is 7.92. The molecule has 0 aliphatic carbocycles. The van der Waals surface area contributed by atoms with Gasteiger partial charge in [-0.2, -0.15) is 0 Å². The van der Waals surface area contributed by atoms with Gasteiger partial charge in [0.2, 0.25) is 0 Å². The van der Waals surface area contributed by atoms with Crippen molar-refractivity contribution in [2.24, 2.45) is 16.5 Å². The van der Waals surface area contributed by atoms with Gasteiger partial charge >= 0.3 is 0 Å². The van der Waals surface area contributed by atoms with Gasteiger partial charge in [-0.05, 0) is 12.1 Å². The smallest absolute Gasteiger partial charge is 0.167 e. The molecule has 2 aromatic rings. The average molecular weight is 401 g/mol. The van der Waals surface area contributed by atoms with Crippen molar-refractivity contribution in [1.29, 1.82) is 0 Å². The van der Waals surface area contributed by atoms with Gasteiger partial charge in [-0.1, -0.05) is 18.2 Å². The number of H-pyrrole nitrogens is 1. The van der Waals surface area contributed by atoms with Crippen LogP contribution in [0.25, 0.3) is 11.0 Å². The summed E-state index contributed by atoms with van der Waals surface area (Å²) >= 11 is 0. The number of aromatic amines is 1. The first kappa shape index (κ1) is 18.8. The molecule has 0 fully saturated rings. The predicted octanol–water partition coefficient (Wildman–Crippen LogP) is 0.000400. The summed E-state index contributed by atoms with van der Waals surface area (Å²) in [5.41, 5.74) is 15.1. The van der Waals surface area contributed by atoms with E-state index < -0.39 is 21.4 Å². The molecule has 6 N–H and O–H groups in total. The summed E-state index contributed by atoms with van der Waals surface area (Å²) in [4.78, 5) is 14.1. The zero-order valence-corrected chi connectivity index (χ0v) is 16.1. The van der Waals surface area contributed by atoms with Gasteiger partial charge in [0.25, 0.3) is 0 Å². The van der Waals surface area contributed by atoms with Crippen molar-refractivity contribution in [2.75, 3.05) is 18.8 Å². The minimum Gasteiger partial charge on any atom is -0.337 e. The molecule has 0 saturated heterocycles. The number of nitrogens with one attached hydrogen (secondary N) is 2. The Balaban J connectivity index is 1.58. The minimum absolute atomic E-state index is 0.0501. The first-order valence-electron chi connectivity index (χ1n) is 9.07. The quantitative estimate of drug-likeness (QED) is 0.552. The number of aliphatic imine (C=N–C) groups is 1. The molecule has 28 heavy (non-hydrogen) atoms. The Hall–Kier alpha value is -2.53. The van der Waals surface area contributed by atoms with Gasteiger partial charge in [0.1, 0.15) is 17.3 Å². The summed E-state index contributed by atoms with van der Waals surface area (Å²) in [5, 5.41) is 2.35. The Morgan fingerprint density at radius 1 is 1.29 bits per heavy atom. The molecule has 2 aliphatic heterocycles. The van der Waals surface area contributed by atoms with Gasteiger partial charge < -0.3 is 21.4 Å². The van der Waals surface area contributed by atoms with Crippen LogP contribution in [-0.4, -0.2) is 59.4 Å². The number of fused-ring (bicyclic) bond motifs is 1. The number of sulfone groups is 1. The van der Waals surface area contributed by atoms with Crippen molar-refractivity contribution in [3.8, 4) is 0 Å². The number of benzene rings is 1. The molecule has 9 nitrogen and oxygen atoms in total. The molecule has 0 amide bonds. The van der Waals surface area contributed by atoms with Crippen molar-refractivity contribution in [3.63, 3.8) is 0 Å². The van der Waals surface area contributed by atoms with Crippen molar-refractivity contribution < 1.29 is 8.42 Å². The van der Waals surface area contributed by atoms with E-state index in [-0.39, 0.29) is 12.3 Å². The zero-order valence-electron chi connectivity index (χ0n) is 15.2. The fourth-order valence-electron chi connectivity index (χ4n) is 3.46. The van der Waals surface area contributed by atoms with Crippen molar-refractivity contribution in [3.05, 3.63) is 54.3 Å². The second kappa shape index (κ2) is 7.47. The van der Waals surface area contributed by atoms with Gasteiger partial charge in [-0.15, -0.1) is 0 Å². The molecular formula is C18H23N7O2S. The van der Waals surface area contributed by atoms with E-state index in [1.807, 2.05) is 35.2 Å². The fraction of sp³-hybridized carbons (Fsp3) is 0.333. The molecule has 10 heteroatoms. The molecular weight excluding hydrogens is 378 g/mol. The first-order chi connectivity index (χ1) is 13.5. The molecule has 0 spiro atoms. The number of aromatic nitrogens is 2. The van der Waals surface area contributed by atoms with Crippen molar-refractivity contribution in [2.45, 2.75) is 18.0 Å². The summed E-state index contributed by atoms with van der Waals surface area (Å²) in [7, 11) is -3.32. The van der Waals surface area contributed by atoms with Crippen molar-refractivity contribution in [1.82, 2.24) is 20.2 Å². The molecule has 148 valence electrons. The SMILES string of the molecule is NCCS(=O)(=O)C1CC(N2C=CN=C(c3nc4ccccc4[nH]3)C2N)=CCN1. The van der Waals surface area contributed by atoms with E-state index in [0.717, 1.165) is 16.7 Å². The van der Waals surface area contributed by atoms with E-state index in [0.29, 0.717) is 24.5 Å². The molecule has 2 aliphatic rings. The summed E-state index contributed by atoms with van der Waals surface area (Å²) in [5.74, 6) is 0.552. The van der Waals surface area contributed by atoms with E-state index in [1.165, 1.54) is 0 Å². The van der Waals surface area contributed by atoms with Gasteiger partial charge in [0, 0.05) is 37.6 Å². The molecule has 2 unspecified atom stereocenters. The molecule has 0 radical (unpaired) electrons. The third kappa shape index (κ3) is 3.47. The van der Waals surface area contributed by atoms with Crippen LogP contribution in [0.4, 0.5) is 0 Å². The number of hydrogen-bond acceptors (Lipinski definition) is 8. The Labute approximate surface area is 163 Å². The average Bonchev–Trinajstić information content (AvgIpc) is 3.12. The summed E-state index contributed by atoms with van der Waals surface area (Å²) in [6, 6.07) is 7.71. The third-order valence-corrected chi connectivity index (χ3v) is 6.90. The summed E-state index contributed by atoms with van der Waals surface area (Å²) in [6.45, 7) is 0.545.